The Labute approximate surface area is 58.0 Å². The molecule has 2 atom stereocenters. The minimum absolute atomic E-state index is 0.872. The average Bonchev–Trinajstić information content (AvgIpc) is 2.47. The van der Waals surface area contributed by atoms with Crippen LogP contribution in [0, 0.1) is 5.92 Å². The molecule has 0 saturated carbocycles. The van der Waals surface area contributed by atoms with Crippen LogP contribution >= 0.6 is 0 Å². The Bertz CT molecular complexity index is 88.6. The van der Waals surface area contributed by atoms with E-state index in [1.807, 2.05) is 0 Å². The third kappa shape index (κ3) is 1.68. The summed E-state index contributed by atoms with van der Waals surface area (Å²) in [6.07, 6.45) is 1.31. The Balaban J connectivity index is 2.09. The van der Waals surface area contributed by atoms with Crippen molar-refractivity contribution >= 4 is 0 Å². The maximum absolute atomic E-state index is 2.55. The molecule has 1 unspecified atom stereocenters. The van der Waals surface area contributed by atoms with Gasteiger partial charge in [-0.25, -0.2) is 0 Å². The molecule has 0 amide bonds. The van der Waals surface area contributed by atoms with Gasteiger partial charge in [0, 0.05) is 12.6 Å². The molecule has 1 aliphatic rings. The SMILES string of the molecule is CCCN1C[C@@H]1C(C)C. The maximum atomic E-state index is 2.55. The van der Waals surface area contributed by atoms with Crippen molar-refractivity contribution in [2.75, 3.05) is 13.1 Å². The van der Waals surface area contributed by atoms with Crippen LogP contribution in [-0.4, -0.2) is 24.0 Å². The Kier molecular flexibility index (Phi) is 2.12. The second-order valence-corrected chi connectivity index (χ2v) is 3.31. The van der Waals surface area contributed by atoms with E-state index in [4.69, 9.17) is 0 Å². The van der Waals surface area contributed by atoms with E-state index in [1.54, 1.807) is 0 Å². The molecule has 0 spiro atoms. The van der Waals surface area contributed by atoms with E-state index in [0.29, 0.717) is 0 Å². The van der Waals surface area contributed by atoms with Crippen LogP contribution in [0.15, 0.2) is 0 Å². The average molecular weight is 127 g/mol. The number of hydrogen-bond donors (Lipinski definition) is 0. The summed E-state index contributed by atoms with van der Waals surface area (Å²) in [5, 5.41) is 0. The Hall–Kier alpha value is -0.0400. The molecule has 1 aliphatic heterocycles. The topological polar surface area (TPSA) is 3.01 Å². The van der Waals surface area contributed by atoms with Crippen LogP contribution in [0.2, 0.25) is 0 Å². The van der Waals surface area contributed by atoms with E-state index in [-0.39, 0.29) is 0 Å². The lowest BCUT2D eigenvalue weighted by Crippen LogP contribution is -2.07. The molecule has 0 radical (unpaired) electrons. The summed E-state index contributed by atoms with van der Waals surface area (Å²) in [4.78, 5) is 2.55. The summed E-state index contributed by atoms with van der Waals surface area (Å²) in [5.74, 6) is 0.872. The predicted molar refractivity (Wildman–Crippen MR) is 40.5 cm³/mol. The molecule has 9 heavy (non-hydrogen) atoms. The molecule has 54 valence electrons. The smallest absolute Gasteiger partial charge is 0.0246 e. The monoisotopic (exact) mass is 127 g/mol. The number of nitrogens with zero attached hydrogens (tertiary/aromatic N) is 1. The molecule has 0 N–H and O–H groups in total. The Morgan fingerprint density at radius 2 is 2.22 bits per heavy atom. The lowest BCUT2D eigenvalue weighted by atomic mass is 10.1. The molecule has 1 fully saturated rings. The van der Waals surface area contributed by atoms with Gasteiger partial charge in [-0.2, -0.15) is 0 Å². The van der Waals surface area contributed by atoms with Gasteiger partial charge in [0.25, 0.3) is 0 Å². The minimum atomic E-state index is 0.872. The zero-order valence-corrected chi connectivity index (χ0v) is 6.72. The summed E-state index contributed by atoms with van der Waals surface area (Å²) < 4.78 is 0. The number of hydrogen-bond acceptors (Lipinski definition) is 1. The second kappa shape index (κ2) is 2.70. The molecule has 0 aliphatic carbocycles. The molecule has 1 heterocycles. The highest BCUT2D eigenvalue weighted by Crippen LogP contribution is 2.24. The minimum Gasteiger partial charge on any atom is -0.297 e. The molecule has 0 aromatic carbocycles. The third-order valence-corrected chi connectivity index (χ3v) is 2.04. The van der Waals surface area contributed by atoms with Gasteiger partial charge in [-0.1, -0.05) is 20.8 Å². The summed E-state index contributed by atoms with van der Waals surface area (Å²) in [5.41, 5.74) is 0. The summed E-state index contributed by atoms with van der Waals surface area (Å²) in [6.45, 7) is 9.52. The normalized spacial score (nSPS) is 33.3. The van der Waals surface area contributed by atoms with Crippen molar-refractivity contribution in [3.05, 3.63) is 0 Å². The summed E-state index contributed by atoms with van der Waals surface area (Å²) >= 11 is 0. The highest BCUT2D eigenvalue weighted by atomic mass is 15.3. The van der Waals surface area contributed by atoms with Crippen molar-refractivity contribution < 1.29 is 0 Å². The highest BCUT2D eigenvalue weighted by molar-refractivity contribution is 4.90. The van der Waals surface area contributed by atoms with Gasteiger partial charge in [0.15, 0.2) is 0 Å². The Morgan fingerprint density at radius 1 is 1.56 bits per heavy atom. The summed E-state index contributed by atoms with van der Waals surface area (Å²) in [6, 6.07) is 0.921. The second-order valence-electron chi connectivity index (χ2n) is 3.31. The molecule has 0 aromatic rings. The van der Waals surface area contributed by atoms with Crippen LogP contribution in [-0.2, 0) is 0 Å². The largest absolute Gasteiger partial charge is 0.297 e. The van der Waals surface area contributed by atoms with E-state index in [0.717, 1.165) is 12.0 Å². The molecule has 1 heteroatoms. The van der Waals surface area contributed by atoms with E-state index in [2.05, 4.69) is 25.7 Å². The standard InChI is InChI=1S/C8H17N/c1-4-5-9-6-8(9)7(2)3/h7-8H,4-6H2,1-3H3/t8-,9?/m1/s1. The maximum Gasteiger partial charge on any atom is 0.0246 e. The van der Waals surface area contributed by atoms with Crippen LogP contribution in [0.5, 0.6) is 0 Å². The van der Waals surface area contributed by atoms with E-state index >= 15 is 0 Å². The molecule has 0 bridgehead atoms. The van der Waals surface area contributed by atoms with E-state index in [1.165, 1.54) is 19.5 Å². The van der Waals surface area contributed by atoms with Gasteiger partial charge in [0.1, 0.15) is 0 Å². The Morgan fingerprint density at radius 3 is 2.56 bits per heavy atom. The van der Waals surface area contributed by atoms with Crippen LogP contribution < -0.4 is 0 Å². The van der Waals surface area contributed by atoms with Crippen molar-refractivity contribution in [2.45, 2.75) is 33.2 Å². The van der Waals surface area contributed by atoms with Gasteiger partial charge in [0.05, 0.1) is 0 Å². The quantitative estimate of drug-likeness (QED) is 0.522. The molecule has 1 rings (SSSR count). The van der Waals surface area contributed by atoms with Crippen LogP contribution in [0.4, 0.5) is 0 Å². The zero-order chi connectivity index (χ0) is 6.85. The molecular weight excluding hydrogens is 110 g/mol. The van der Waals surface area contributed by atoms with E-state index < -0.39 is 0 Å². The fraction of sp³-hybridized carbons (Fsp3) is 1.00. The fourth-order valence-corrected chi connectivity index (χ4v) is 1.37. The lowest BCUT2D eigenvalue weighted by Gasteiger charge is -2.02. The van der Waals surface area contributed by atoms with Crippen LogP contribution in [0.1, 0.15) is 27.2 Å². The number of rotatable bonds is 3. The van der Waals surface area contributed by atoms with Gasteiger partial charge in [-0.15, -0.1) is 0 Å². The summed E-state index contributed by atoms with van der Waals surface area (Å²) in [7, 11) is 0. The van der Waals surface area contributed by atoms with Gasteiger partial charge < -0.3 is 0 Å². The highest BCUT2D eigenvalue weighted by Gasteiger charge is 2.34. The van der Waals surface area contributed by atoms with E-state index in [9.17, 15) is 0 Å². The van der Waals surface area contributed by atoms with Crippen molar-refractivity contribution in [3.63, 3.8) is 0 Å². The first kappa shape index (κ1) is 7.07. The van der Waals surface area contributed by atoms with Crippen LogP contribution in [0.3, 0.4) is 0 Å². The van der Waals surface area contributed by atoms with Crippen molar-refractivity contribution in [3.8, 4) is 0 Å². The lowest BCUT2D eigenvalue weighted by molar-refractivity contribution is 0.443. The molecular formula is C8H17N. The van der Waals surface area contributed by atoms with Gasteiger partial charge in [-0.05, 0) is 18.9 Å². The molecule has 1 nitrogen and oxygen atoms in total. The first-order valence-electron chi connectivity index (χ1n) is 3.99. The van der Waals surface area contributed by atoms with Crippen molar-refractivity contribution in [2.24, 2.45) is 5.92 Å². The molecule has 0 aromatic heterocycles. The first-order valence-corrected chi connectivity index (χ1v) is 3.99. The molecule has 1 saturated heterocycles. The van der Waals surface area contributed by atoms with Crippen molar-refractivity contribution in [1.82, 2.24) is 4.90 Å². The third-order valence-electron chi connectivity index (χ3n) is 2.04. The van der Waals surface area contributed by atoms with Gasteiger partial charge in [-0.3, -0.25) is 4.90 Å². The van der Waals surface area contributed by atoms with Crippen LogP contribution in [0.25, 0.3) is 0 Å². The fourth-order valence-electron chi connectivity index (χ4n) is 1.37. The van der Waals surface area contributed by atoms with Gasteiger partial charge >= 0.3 is 0 Å². The predicted octanol–water partition coefficient (Wildman–Crippen LogP) is 1.74. The van der Waals surface area contributed by atoms with Gasteiger partial charge in [0.2, 0.25) is 0 Å². The zero-order valence-electron chi connectivity index (χ0n) is 6.72. The van der Waals surface area contributed by atoms with Crippen molar-refractivity contribution in [1.29, 1.82) is 0 Å². The first-order chi connectivity index (χ1) is 4.25.